The first-order valence-electron chi connectivity index (χ1n) is 11.5. The SMILES string of the molecule is COc1ccc(-c2nn(CCNC(=O)NCc3cccc4ccccc34)c(=O)n2C2CC2)cc1. The average Bonchev–Trinajstić information content (AvgIpc) is 3.66. The van der Waals surface area contributed by atoms with E-state index < -0.39 is 0 Å². The number of nitrogens with zero attached hydrogens (tertiary/aromatic N) is 3. The zero-order chi connectivity index (χ0) is 23.5. The molecule has 1 fully saturated rings. The average molecular weight is 458 g/mol. The Morgan fingerprint density at radius 2 is 1.79 bits per heavy atom. The highest BCUT2D eigenvalue weighted by molar-refractivity contribution is 5.86. The van der Waals surface area contributed by atoms with Crippen molar-refractivity contribution in [2.24, 2.45) is 0 Å². The first kappa shape index (κ1) is 21.8. The predicted octanol–water partition coefficient (Wildman–Crippen LogP) is 3.71. The lowest BCUT2D eigenvalue weighted by molar-refractivity contribution is 0.240. The number of nitrogens with one attached hydrogen (secondary N) is 2. The van der Waals surface area contributed by atoms with Gasteiger partial charge in [-0.3, -0.25) is 4.57 Å². The van der Waals surface area contributed by atoms with Crippen molar-refractivity contribution in [1.82, 2.24) is 25.0 Å². The Bertz CT molecular complexity index is 1360. The summed E-state index contributed by atoms with van der Waals surface area (Å²) in [6.45, 7) is 1.01. The number of methoxy groups -OCH3 is 1. The number of benzene rings is 3. The highest BCUT2D eigenvalue weighted by Crippen LogP contribution is 2.36. The lowest BCUT2D eigenvalue weighted by Crippen LogP contribution is -2.38. The zero-order valence-electron chi connectivity index (χ0n) is 19.0. The van der Waals surface area contributed by atoms with E-state index in [0.29, 0.717) is 25.5 Å². The minimum atomic E-state index is -0.280. The van der Waals surface area contributed by atoms with Gasteiger partial charge in [-0.15, -0.1) is 5.10 Å². The second kappa shape index (κ2) is 9.43. The molecule has 1 aliphatic rings. The smallest absolute Gasteiger partial charge is 0.346 e. The van der Waals surface area contributed by atoms with Gasteiger partial charge in [0.1, 0.15) is 5.75 Å². The highest BCUT2D eigenvalue weighted by Gasteiger charge is 2.30. The molecule has 0 unspecified atom stereocenters. The summed E-state index contributed by atoms with van der Waals surface area (Å²) < 4.78 is 8.43. The maximum atomic E-state index is 13.0. The molecule has 8 nitrogen and oxygen atoms in total. The van der Waals surface area contributed by atoms with Crippen molar-refractivity contribution >= 4 is 16.8 Å². The quantitative estimate of drug-likeness (QED) is 0.422. The number of urea groups is 1. The first-order chi connectivity index (χ1) is 16.6. The highest BCUT2D eigenvalue weighted by atomic mass is 16.5. The third-order valence-electron chi connectivity index (χ3n) is 6.06. The van der Waals surface area contributed by atoms with E-state index in [-0.39, 0.29) is 17.8 Å². The third kappa shape index (κ3) is 4.52. The summed E-state index contributed by atoms with van der Waals surface area (Å²) >= 11 is 0. The summed E-state index contributed by atoms with van der Waals surface area (Å²) in [5, 5.41) is 12.6. The molecule has 0 saturated heterocycles. The van der Waals surface area contributed by atoms with E-state index in [1.54, 1.807) is 11.7 Å². The summed E-state index contributed by atoms with van der Waals surface area (Å²) in [6.07, 6.45) is 1.95. The first-order valence-corrected chi connectivity index (χ1v) is 11.5. The van der Waals surface area contributed by atoms with Crippen LogP contribution in [0.5, 0.6) is 5.75 Å². The van der Waals surface area contributed by atoms with Gasteiger partial charge in [0.2, 0.25) is 0 Å². The molecule has 5 rings (SSSR count). The van der Waals surface area contributed by atoms with Crippen molar-refractivity contribution in [1.29, 1.82) is 0 Å². The number of amides is 2. The normalized spacial score (nSPS) is 13.1. The van der Waals surface area contributed by atoms with Crippen LogP contribution in [0, 0.1) is 0 Å². The largest absolute Gasteiger partial charge is 0.497 e. The molecule has 0 radical (unpaired) electrons. The number of carbonyl (C=O) groups is 1. The van der Waals surface area contributed by atoms with Gasteiger partial charge in [-0.25, -0.2) is 14.3 Å². The van der Waals surface area contributed by atoms with E-state index >= 15 is 0 Å². The molecule has 0 spiro atoms. The molecule has 1 aromatic heterocycles. The van der Waals surface area contributed by atoms with Crippen LogP contribution in [0.2, 0.25) is 0 Å². The molecule has 174 valence electrons. The van der Waals surface area contributed by atoms with Crippen molar-refractivity contribution in [3.8, 4) is 17.1 Å². The van der Waals surface area contributed by atoms with E-state index in [4.69, 9.17) is 4.74 Å². The van der Waals surface area contributed by atoms with Crippen molar-refractivity contribution in [3.63, 3.8) is 0 Å². The zero-order valence-corrected chi connectivity index (χ0v) is 19.0. The molecule has 0 bridgehead atoms. The van der Waals surface area contributed by atoms with Crippen molar-refractivity contribution < 1.29 is 9.53 Å². The van der Waals surface area contributed by atoms with Crippen LogP contribution in [-0.2, 0) is 13.1 Å². The van der Waals surface area contributed by atoms with E-state index in [1.807, 2.05) is 54.6 Å². The molecule has 2 N–H and O–H groups in total. The number of fused-ring (bicyclic) bond motifs is 1. The molecule has 3 aromatic carbocycles. The summed E-state index contributed by atoms with van der Waals surface area (Å²) in [5.74, 6) is 1.40. The topological polar surface area (TPSA) is 90.2 Å². The molecule has 4 aromatic rings. The standard InChI is InChI=1S/C26H27N5O3/c1-34-22-13-9-19(10-14-22)24-29-30(26(33)31(24)21-11-12-21)16-15-27-25(32)28-17-20-7-4-6-18-5-2-3-8-23(18)20/h2-10,13-14,21H,11-12,15-17H2,1H3,(H2,27,28,32). The van der Waals surface area contributed by atoms with Crippen LogP contribution in [0.1, 0.15) is 24.4 Å². The van der Waals surface area contributed by atoms with Gasteiger partial charge in [0, 0.05) is 24.7 Å². The fraction of sp³-hybridized carbons (Fsp3) is 0.269. The lowest BCUT2D eigenvalue weighted by atomic mass is 10.0. The Hall–Kier alpha value is -4.07. The summed E-state index contributed by atoms with van der Waals surface area (Å²) in [6, 6.07) is 21.6. The second-order valence-corrected chi connectivity index (χ2v) is 8.41. The van der Waals surface area contributed by atoms with Gasteiger partial charge in [-0.1, -0.05) is 42.5 Å². The van der Waals surface area contributed by atoms with Crippen molar-refractivity contribution in [3.05, 3.63) is 82.8 Å². The molecule has 2 amide bonds. The maximum Gasteiger partial charge on any atom is 0.346 e. The number of ether oxygens (including phenoxy) is 1. The van der Waals surface area contributed by atoms with E-state index in [9.17, 15) is 9.59 Å². The van der Waals surface area contributed by atoms with Crippen LogP contribution in [-0.4, -0.2) is 34.0 Å². The van der Waals surface area contributed by atoms with Crippen LogP contribution < -0.4 is 21.1 Å². The van der Waals surface area contributed by atoms with Gasteiger partial charge in [-0.2, -0.15) is 0 Å². The van der Waals surface area contributed by atoms with E-state index in [2.05, 4.69) is 27.9 Å². The number of aromatic nitrogens is 3. The van der Waals surface area contributed by atoms with Crippen LogP contribution in [0.15, 0.2) is 71.5 Å². The Morgan fingerprint density at radius 3 is 2.56 bits per heavy atom. The monoisotopic (exact) mass is 457 g/mol. The molecule has 34 heavy (non-hydrogen) atoms. The minimum Gasteiger partial charge on any atom is -0.497 e. The van der Waals surface area contributed by atoms with Gasteiger partial charge < -0.3 is 15.4 Å². The molecule has 1 saturated carbocycles. The van der Waals surface area contributed by atoms with Gasteiger partial charge in [0.15, 0.2) is 5.82 Å². The Morgan fingerprint density at radius 1 is 1.03 bits per heavy atom. The van der Waals surface area contributed by atoms with Gasteiger partial charge in [-0.05, 0) is 53.4 Å². The number of rotatable bonds is 8. The van der Waals surface area contributed by atoms with E-state index in [0.717, 1.165) is 40.5 Å². The maximum absolute atomic E-state index is 13.0. The molecule has 1 heterocycles. The van der Waals surface area contributed by atoms with Crippen LogP contribution in [0.3, 0.4) is 0 Å². The molecule has 1 aliphatic carbocycles. The molecular weight excluding hydrogens is 430 g/mol. The molecular formula is C26H27N5O3. The molecule has 8 heteroatoms. The number of carbonyl (C=O) groups excluding carboxylic acids is 1. The number of hydrogen-bond donors (Lipinski definition) is 2. The number of hydrogen-bond acceptors (Lipinski definition) is 4. The Kier molecular flexibility index (Phi) is 6.03. The summed E-state index contributed by atoms with van der Waals surface area (Å²) in [4.78, 5) is 25.3. The molecule has 0 atom stereocenters. The lowest BCUT2D eigenvalue weighted by Gasteiger charge is -2.09. The minimum absolute atomic E-state index is 0.147. The van der Waals surface area contributed by atoms with Crippen LogP contribution in [0.25, 0.3) is 22.2 Å². The second-order valence-electron chi connectivity index (χ2n) is 8.41. The van der Waals surface area contributed by atoms with Crippen LogP contribution in [0.4, 0.5) is 4.79 Å². The summed E-state index contributed by atoms with van der Waals surface area (Å²) in [5.41, 5.74) is 1.77. The fourth-order valence-corrected chi connectivity index (χ4v) is 4.12. The van der Waals surface area contributed by atoms with Gasteiger partial charge in [0.25, 0.3) is 0 Å². The predicted molar refractivity (Wildman–Crippen MR) is 131 cm³/mol. The van der Waals surface area contributed by atoms with Crippen molar-refractivity contribution in [2.75, 3.05) is 13.7 Å². The molecule has 0 aliphatic heterocycles. The van der Waals surface area contributed by atoms with E-state index in [1.165, 1.54) is 4.68 Å². The Labute approximate surface area is 197 Å². The van der Waals surface area contributed by atoms with Crippen LogP contribution >= 0.6 is 0 Å². The Balaban J connectivity index is 1.22. The third-order valence-corrected chi connectivity index (χ3v) is 6.06. The van der Waals surface area contributed by atoms with Gasteiger partial charge in [0.05, 0.1) is 13.7 Å². The summed E-state index contributed by atoms with van der Waals surface area (Å²) in [7, 11) is 1.62. The fourth-order valence-electron chi connectivity index (χ4n) is 4.12. The van der Waals surface area contributed by atoms with Gasteiger partial charge >= 0.3 is 11.7 Å². The van der Waals surface area contributed by atoms with Crippen molar-refractivity contribution in [2.45, 2.75) is 32.0 Å².